The Kier molecular flexibility index (Phi) is 1.36. The molecule has 2 rings (SSSR count). The molecule has 1 radical (unpaired) electrons. The van der Waals surface area contributed by atoms with Gasteiger partial charge in [0.1, 0.15) is 6.34 Å². The highest BCUT2D eigenvalue weighted by molar-refractivity contribution is 5.65. The summed E-state index contributed by atoms with van der Waals surface area (Å²) in [5, 5.41) is 1.56. The van der Waals surface area contributed by atoms with Crippen LogP contribution in [0.25, 0.3) is 0 Å². The van der Waals surface area contributed by atoms with Crippen molar-refractivity contribution in [2.45, 2.75) is 6.54 Å². The molecule has 11 heavy (non-hydrogen) atoms. The Morgan fingerprint density at radius 3 is 3.45 bits per heavy atom. The van der Waals surface area contributed by atoms with Gasteiger partial charge in [-0.1, -0.05) is 12.1 Å². The van der Waals surface area contributed by atoms with Crippen molar-refractivity contribution >= 4 is 12.0 Å². The second-order valence-electron chi connectivity index (χ2n) is 2.47. The number of benzene rings is 1. The van der Waals surface area contributed by atoms with Gasteiger partial charge in [0.05, 0.1) is 12.2 Å². The van der Waals surface area contributed by atoms with Gasteiger partial charge in [-0.3, -0.25) is 5.01 Å². The summed E-state index contributed by atoms with van der Waals surface area (Å²) in [5.41, 5.74) is 2.11. The van der Waals surface area contributed by atoms with Gasteiger partial charge < -0.3 is 0 Å². The first-order valence-electron chi connectivity index (χ1n) is 3.41. The zero-order valence-corrected chi connectivity index (χ0v) is 5.99. The fraction of sp³-hybridized carbons (Fsp3) is 0.125. The molecule has 3 heteroatoms. The molecule has 1 heterocycles. The first-order chi connectivity index (χ1) is 5.36. The average molecular weight is 146 g/mol. The van der Waals surface area contributed by atoms with E-state index in [2.05, 4.69) is 11.1 Å². The quantitative estimate of drug-likeness (QED) is 0.551. The summed E-state index contributed by atoms with van der Waals surface area (Å²) in [7, 11) is 0. The van der Waals surface area contributed by atoms with Gasteiger partial charge in [0.2, 0.25) is 0 Å². The first kappa shape index (κ1) is 6.37. The van der Waals surface area contributed by atoms with E-state index in [0.29, 0.717) is 0 Å². The molecular formula is C8H8N3. The number of hydrogen-bond donors (Lipinski definition) is 1. The predicted molar refractivity (Wildman–Crippen MR) is 43.2 cm³/mol. The van der Waals surface area contributed by atoms with E-state index in [9.17, 15) is 0 Å². The van der Waals surface area contributed by atoms with Crippen LogP contribution in [0.2, 0.25) is 0 Å². The monoisotopic (exact) mass is 146 g/mol. The van der Waals surface area contributed by atoms with Gasteiger partial charge in [-0.15, -0.1) is 0 Å². The molecule has 0 fully saturated rings. The van der Waals surface area contributed by atoms with E-state index < -0.39 is 0 Å². The first-order valence-corrected chi connectivity index (χ1v) is 3.41. The van der Waals surface area contributed by atoms with Crippen LogP contribution in [0.5, 0.6) is 0 Å². The minimum atomic E-state index is 0.730. The predicted octanol–water partition coefficient (Wildman–Crippen LogP) is 0.836. The lowest BCUT2D eigenvalue weighted by Crippen LogP contribution is -2.30. The van der Waals surface area contributed by atoms with Crippen LogP contribution in [-0.4, -0.2) is 11.3 Å². The number of nitrogens with two attached hydrogens (primary N) is 1. The molecular weight excluding hydrogens is 138 g/mol. The molecule has 3 nitrogen and oxygen atoms in total. The number of hydrazine groups is 1. The lowest BCUT2D eigenvalue weighted by molar-refractivity contribution is 0.442. The molecule has 0 bridgehead atoms. The normalized spacial score (nSPS) is 14.8. The number of rotatable bonds is 0. The Balaban J connectivity index is 2.46. The summed E-state index contributed by atoms with van der Waals surface area (Å²) in [4.78, 5) is 4.12. The van der Waals surface area contributed by atoms with Gasteiger partial charge in [-0.2, -0.15) is 0 Å². The van der Waals surface area contributed by atoms with Crippen molar-refractivity contribution in [3.05, 3.63) is 29.8 Å². The third-order valence-corrected chi connectivity index (χ3v) is 1.63. The van der Waals surface area contributed by atoms with Crippen molar-refractivity contribution in [3.63, 3.8) is 0 Å². The number of nitrogens with zero attached hydrogens (tertiary/aromatic N) is 2. The van der Waals surface area contributed by atoms with Crippen LogP contribution < -0.4 is 5.84 Å². The summed E-state index contributed by atoms with van der Waals surface area (Å²) in [6, 6.07) is 8.67. The number of aliphatic imine (C=N–C) groups is 1. The lowest BCUT2D eigenvalue weighted by Gasteiger charge is -2.18. The molecule has 55 valence electrons. The van der Waals surface area contributed by atoms with E-state index >= 15 is 0 Å². The molecule has 0 saturated carbocycles. The molecule has 1 aliphatic rings. The molecule has 1 aromatic rings. The van der Waals surface area contributed by atoms with Crippen molar-refractivity contribution in [2.24, 2.45) is 10.8 Å². The average Bonchev–Trinajstić information content (AvgIpc) is 2.04. The Labute approximate surface area is 65.1 Å². The Morgan fingerprint density at radius 1 is 1.64 bits per heavy atom. The van der Waals surface area contributed by atoms with Gasteiger partial charge >= 0.3 is 0 Å². The fourth-order valence-corrected chi connectivity index (χ4v) is 1.08. The minimum absolute atomic E-state index is 0.730. The van der Waals surface area contributed by atoms with Crippen LogP contribution in [0.1, 0.15) is 5.56 Å². The van der Waals surface area contributed by atoms with Gasteiger partial charge in [-0.05, 0) is 17.7 Å². The highest BCUT2D eigenvalue weighted by atomic mass is 15.4. The van der Waals surface area contributed by atoms with E-state index in [-0.39, 0.29) is 0 Å². The maximum atomic E-state index is 5.52. The van der Waals surface area contributed by atoms with Gasteiger partial charge in [0, 0.05) is 0 Å². The Hall–Kier alpha value is -1.35. The van der Waals surface area contributed by atoms with E-state index in [4.69, 9.17) is 5.84 Å². The third kappa shape index (κ3) is 1.10. The second kappa shape index (κ2) is 2.36. The number of hydrogen-bond acceptors (Lipinski definition) is 3. The van der Waals surface area contributed by atoms with Crippen LogP contribution in [0, 0.1) is 6.07 Å². The zero-order chi connectivity index (χ0) is 7.68. The van der Waals surface area contributed by atoms with Crippen molar-refractivity contribution in [3.8, 4) is 0 Å². The lowest BCUT2D eigenvalue weighted by atomic mass is 10.1. The zero-order valence-electron chi connectivity index (χ0n) is 5.99. The molecule has 0 saturated heterocycles. The van der Waals surface area contributed by atoms with E-state index in [0.717, 1.165) is 17.8 Å². The topological polar surface area (TPSA) is 41.6 Å². The van der Waals surface area contributed by atoms with Crippen LogP contribution in [0.3, 0.4) is 0 Å². The van der Waals surface area contributed by atoms with Gasteiger partial charge in [-0.25, -0.2) is 10.8 Å². The van der Waals surface area contributed by atoms with E-state index in [1.807, 2.05) is 18.2 Å². The Morgan fingerprint density at radius 2 is 2.55 bits per heavy atom. The molecule has 1 aliphatic heterocycles. The molecule has 0 atom stereocenters. The van der Waals surface area contributed by atoms with Gasteiger partial charge in [0.25, 0.3) is 0 Å². The van der Waals surface area contributed by atoms with Crippen LogP contribution in [-0.2, 0) is 6.54 Å². The summed E-state index contributed by atoms with van der Waals surface area (Å²) >= 11 is 0. The standard InChI is InChI=1S/C8H8N3/c9-11-5-7-3-1-2-4-8(7)10-6-11/h1,3-4,6H,5,9H2. The molecule has 1 aromatic carbocycles. The molecule has 0 aromatic heterocycles. The maximum absolute atomic E-state index is 5.52. The van der Waals surface area contributed by atoms with E-state index in [1.54, 1.807) is 11.3 Å². The van der Waals surface area contributed by atoms with E-state index in [1.165, 1.54) is 0 Å². The van der Waals surface area contributed by atoms with Crippen LogP contribution >= 0.6 is 0 Å². The second-order valence-corrected chi connectivity index (χ2v) is 2.47. The minimum Gasteiger partial charge on any atom is -0.296 e. The smallest absolute Gasteiger partial charge is 0.106 e. The third-order valence-electron chi connectivity index (χ3n) is 1.63. The summed E-state index contributed by atoms with van der Waals surface area (Å²) in [6.45, 7) is 0.730. The molecule has 2 N–H and O–H groups in total. The van der Waals surface area contributed by atoms with Crippen molar-refractivity contribution in [2.75, 3.05) is 0 Å². The summed E-state index contributed by atoms with van der Waals surface area (Å²) < 4.78 is 0. The van der Waals surface area contributed by atoms with Crippen molar-refractivity contribution in [1.82, 2.24) is 5.01 Å². The SMILES string of the molecule is NN1C=Nc2c[c]ccc2C1. The summed E-state index contributed by atoms with van der Waals surface area (Å²) in [6.07, 6.45) is 1.62. The van der Waals surface area contributed by atoms with Crippen LogP contribution in [0.4, 0.5) is 5.69 Å². The van der Waals surface area contributed by atoms with Crippen LogP contribution in [0.15, 0.2) is 23.2 Å². The highest BCUT2D eigenvalue weighted by Gasteiger charge is 2.06. The molecule has 0 aliphatic carbocycles. The Bertz CT molecular complexity index is 293. The van der Waals surface area contributed by atoms with Crippen molar-refractivity contribution in [1.29, 1.82) is 0 Å². The highest BCUT2D eigenvalue weighted by Crippen LogP contribution is 2.21. The molecule has 0 amide bonds. The van der Waals surface area contributed by atoms with Crippen molar-refractivity contribution < 1.29 is 0 Å². The largest absolute Gasteiger partial charge is 0.296 e. The molecule has 0 spiro atoms. The molecule has 0 unspecified atom stereocenters. The summed E-state index contributed by atoms with van der Waals surface area (Å²) in [5.74, 6) is 5.52. The van der Waals surface area contributed by atoms with Gasteiger partial charge in [0.15, 0.2) is 0 Å². The number of fused-ring (bicyclic) bond motifs is 1. The fourth-order valence-electron chi connectivity index (χ4n) is 1.08. The maximum Gasteiger partial charge on any atom is 0.106 e.